The highest BCUT2D eigenvalue weighted by molar-refractivity contribution is 6.33. The predicted molar refractivity (Wildman–Crippen MR) is 110 cm³/mol. The molecule has 0 unspecified atom stereocenters. The van der Waals surface area contributed by atoms with Crippen LogP contribution >= 0.6 is 11.6 Å². The van der Waals surface area contributed by atoms with E-state index < -0.39 is 11.6 Å². The second-order valence-electron chi connectivity index (χ2n) is 6.60. The van der Waals surface area contributed by atoms with Crippen LogP contribution in [0.2, 0.25) is 5.02 Å². The molecular formula is C22H15ClF2N2O3. The predicted octanol–water partition coefficient (Wildman–Crippen LogP) is 5.75. The summed E-state index contributed by atoms with van der Waals surface area (Å²) in [6, 6.07) is 14.0. The van der Waals surface area contributed by atoms with Crippen LogP contribution in [0.5, 0.6) is 5.75 Å². The van der Waals surface area contributed by atoms with Crippen LogP contribution in [-0.2, 0) is 4.79 Å². The fraction of sp³-hybridized carbons (Fsp3) is 0.0909. The highest BCUT2D eigenvalue weighted by Gasteiger charge is 2.16. The van der Waals surface area contributed by atoms with Gasteiger partial charge in [0.25, 0.3) is 5.91 Å². The molecule has 0 bridgehead atoms. The standard InChI is InChI=1S/C22H15ClF2N2O3/c1-12-3-2-4-14(7-12)29-11-21(28)26-13-5-6-20-19(8-13)27-22(30-20)15-9-17(24)18(25)10-16(15)23/h2-10H,11H2,1H3,(H,26,28). The van der Waals surface area contributed by atoms with E-state index >= 15 is 0 Å². The molecule has 0 radical (unpaired) electrons. The molecule has 4 aromatic rings. The van der Waals surface area contributed by atoms with Crippen LogP contribution in [0.25, 0.3) is 22.6 Å². The number of aryl methyl sites for hydroxylation is 1. The lowest BCUT2D eigenvalue weighted by molar-refractivity contribution is -0.118. The second kappa shape index (κ2) is 8.12. The number of nitrogens with one attached hydrogen (secondary N) is 1. The molecule has 1 heterocycles. The molecule has 30 heavy (non-hydrogen) atoms. The Morgan fingerprint density at radius 1 is 1.13 bits per heavy atom. The summed E-state index contributed by atoms with van der Waals surface area (Å²) >= 11 is 5.98. The second-order valence-corrected chi connectivity index (χ2v) is 7.01. The fourth-order valence-electron chi connectivity index (χ4n) is 2.86. The van der Waals surface area contributed by atoms with Gasteiger partial charge in [-0.2, -0.15) is 0 Å². The maximum absolute atomic E-state index is 13.6. The number of carbonyl (C=O) groups excluding carboxylic acids is 1. The molecule has 1 N–H and O–H groups in total. The molecule has 0 saturated heterocycles. The molecule has 4 rings (SSSR count). The summed E-state index contributed by atoms with van der Waals surface area (Å²) in [4.78, 5) is 16.4. The SMILES string of the molecule is Cc1cccc(OCC(=O)Nc2ccc3oc(-c4cc(F)c(F)cc4Cl)nc3c2)c1. The molecule has 5 nitrogen and oxygen atoms in total. The first-order valence-electron chi connectivity index (χ1n) is 8.94. The number of oxazole rings is 1. The number of anilines is 1. The number of carbonyl (C=O) groups is 1. The van der Waals surface area contributed by atoms with Gasteiger partial charge < -0.3 is 14.5 Å². The summed E-state index contributed by atoms with van der Waals surface area (Å²) in [5.41, 5.74) is 2.46. The van der Waals surface area contributed by atoms with Crippen molar-refractivity contribution in [3.63, 3.8) is 0 Å². The van der Waals surface area contributed by atoms with Gasteiger partial charge in [-0.25, -0.2) is 13.8 Å². The molecule has 8 heteroatoms. The average Bonchev–Trinajstić information content (AvgIpc) is 3.12. The molecule has 152 valence electrons. The van der Waals surface area contributed by atoms with E-state index in [2.05, 4.69) is 10.3 Å². The van der Waals surface area contributed by atoms with Crippen LogP contribution in [0, 0.1) is 18.6 Å². The monoisotopic (exact) mass is 428 g/mol. The van der Waals surface area contributed by atoms with Gasteiger partial charge in [0.2, 0.25) is 5.89 Å². The molecule has 0 aliphatic rings. The van der Waals surface area contributed by atoms with Gasteiger partial charge in [0, 0.05) is 5.69 Å². The Bertz CT molecular complexity index is 1260. The average molecular weight is 429 g/mol. The Balaban J connectivity index is 1.50. The van der Waals surface area contributed by atoms with Gasteiger partial charge in [0.15, 0.2) is 23.8 Å². The van der Waals surface area contributed by atoms with Crippen molar-refractivity contribution >= 4 is 34.3 Å². The minimum Gasteiger partial charge on any atom is -0.484 e. The Morgan fingerprint density at radius 2 is 1.93 bits per heavy atom. The molecule has 0 aliphatic carbocycles. The maximum Gasteiger partial charge on any atom is 0.262 e. The van der Waals surface area contributed by atoms with E-state index in [4.69, 9.17) is 20.8 Å². The first-order chi connectivity index (χ1) is 14.4. The Hall–Kier alpha value is -3.45. The van der Waals surface area contributed by atoms with Crippen molar-refractivity contribution < 1.29 is 22.7 Å². The molecule has 0 aliphatic heterocycles. The molecule has 0 atom stereocenters. The Kier molecular flexibility index (Phi) is 5.37. The van der Waals surface area contributed by atoms with Crippen LogP contribution in [0.3, 0.4) is 0 Å². The summed E-state index contributed by atoms with van der Waals surface area (Å²) in [6.45, 7) is 1.78. The number of hydrogen-bond donors (Lipinski definition) is 1. The molecule has 1 aromatic heterocycles. The molecule has 3 aromatic carbocycles. The quantitative estimate of drug-likeness (QED) is 0.411. The fourth-order valence-corrected chi connectivity index (χ4v) is 3.09. The van der Waals surface area contributed by atoms with Gasteiger partial charge >= 0.3 is 0 Å². The van der Waals surface area contributed by atoms with Gasteiger partial charge in [-0.3, -0.25) is 4.79 Å². The third-order valence-electron chi connectivity index (χ3n) is 4.27. The lowest BCUT2D eigenvalue weighted by Crippen LogP contribution is -2.20. The van der Waals surface area contributed by atoms with Gasteiger partial charge in [-0.1, -0.05) is 23.7 Å². The topological polar surface area (TPSA) is 64.4 Å². The van der Waals surface area contributed by atoms with Crippen molar-refractivity contribution in [1.82, 2.24) is 4.98 Å². The Morgan fingerprint density at radius 3 is 2.73 bits per heavy atom. The van der Waals surface area contributed by atoms with E-state index in [9.17, 15) is 13.6 Å². The normalized spacial score (nSPS) is 10.9. The first kappa shape index (κ1) is 19.8. The molecule has 0 spiro atoms. The first-order valence-corrected chi connectivity index (χ1v) is 9.31. The summed E-state index contributed by atoms with van der Waals surface area (Å²) < 4.78 is 37.9. The summed E-state index contributed by atoms with van der Waals surface area (Å²) in [6.07, 6.45) is 0. The summed E-state index contributed by atoms with van der Waals surface area (Å²) in [7, 11) is 0. The number of fused-ring (bicyclic) bond motifs is 1. The lowest BCUT2D eigenvalue weighted by Gasteiger charge is -2.08. The molecule has 1 amide bonds. The number of amides is 1. The van der Waals surface area contributed by atoms with Crippen molar-refractivity contribution in [2.75, 3.05) is 11.9 Å². The zero-order chi connectivity index (χ0) is 21.3. The van der Waals surface area contributed by atoms with Gasteiger partial charge in [0.1, 0.15) is 11.3 Å². The highest BCUT2D eigenvalue weighted by Crippen LogP contribution is 2.32. The molecule has 0 saturated carbocycles. The Labute approximate surface area is 175 Å². The van der Waals surface area contributed by atoms with E-state index in [0.717, 1.165) is 17.7 Å². The van der Waals surface area contributed by atoms with Crippen molar-refractivity contribution in [3.05, 3.63) is 76.8 Å². The largest absolute Gasteiger partial charge is 0.484 e. The highest BCUT2D eigenvalue weighted by atomic mass is 35.5. The van der Waals surface area contributed by atoms with Gasteiger partial charge in [0.05, 0.1) is 10.6 Å². The van der Waals surface area contributed by atoms with Crippen LogP contribution in [0.15, 0.2) is 59.0 Å². The van der Waals surface area contributed by atoms with E-state index in [0.29, 0.717) is 22.5 Å². The summed E-state index contributed by atoms with van der Waals surface area (Å²) in [5.74, 6) is -1.82. The van der Waals surface area contributed by atoms with Gasteiger partial charge in [-0.05, 0) is 55.0 Å². The molecule has 0 fully saturated rings. The number of benzene rings is 3. The maximum atomic E-state index is 13.6. The minimum absolute atomic E-state index is 0.0257. The van der Waals surface area contributed by atoms with Gasteiger partial charge in [-0.15, -0.1) is 0 Å². The van der Waals surface area contributed by atoms with Crippen molar-refractivity contribution in [3.8, 4) is 17.2 Å². The van der Waals surface area contributed by atoms with E-state index in [-0.39, 0.29) is 29.0 Å². The van der Waals surface area contributed by atoms with E-state index in [1.807, 2.05) is 25.1 Å². The molecular weight excluding hydrogens is 414 g/mol. The van der Waals surface area contributed by atoms with Crippen LogP contribution in [0.4, 0.5) is 14.5 Å². The number of ether oxygens (including phenoxy) is 1. The zero-order valence-electron chi connectivity index (χ0n) is 15.7. The number of rotatable bonds is 5. The van der Waals surface area contributed by atoms with E-state index in [1.165, 1.54) is 0 Å². The van der Waals surface area contributed by atoms with Crippen molar-refractivity contribution in [1.29, 1.82) is 0 Å². The number of hydrogen-bond acceptors (Lipinski definition) is 4. The van der Waals surface area contributed by atoms with Crippen molar-refractivity contribution in [2.24, 2.45) is 0 Å². The zero-order valence-corrected chi connectivity index (χ0v) is 16.5. The number of aromatic nitrogens is 1. The third-order valence-corrected chi connectivity index (χ3v) is 4.58. The van der Waals surface area contributed by atoms with Crippen LogP contribution < -0.4 is 10.1 Å². The van der Waals surface area contributed by atoms with Crippen molar-refractivity contribution in [2.45, 2.75) is 6.92 Å². The smallest absolute Gasteiger partial charge is 0.262 e. The lowest BCUT2D eigenvalue weighted by atomic mass is 10.2. The third kappa shape index (κ3) is 4.26. The minimum atomic E-state index is -1.06. The van der Waals surface area contributed by atoms with E-state index in [1.54, 1.807) is 24.3 Å². The number of halogens is 3. The summed E-state index contributed by atoms with van der Waals surface area (Å²) in [5, 5.41) is 2.69. The van der Waals surface area contributed by atoms with Crippen LogP contribution in [-0.4, -0.2) is 17.5 Å². The number of nitrogens with zero attached hydrogens (tertiary/aromatic N) is 1. The van der Waals surface area contributed by atoms with Crippen LogP contribution in [0.1, 0.15) is 5.56 Å².